The molecule has 0 aliphatic rings. The summed E-state index contributed by atoms with van der Waals surface area (Å²) in [6.45, 7) is 4.79. The topological polar surface area (TPSA) is 43.4 Å². The third kappa shape index (κ3) is 4.16. The number of aromatic nitrogens is 1. The van der Waals surface area contributed by atoms with Crippen molar-refractivity contribution in [2.45, 2.75) is 26.5 Å². The van der Waals surface area contributed by atoms with Gasteiger partial charge in [-0.3, -0.25) is 0 Å². The van der Waals surface area contributed by atoms with Crippen LogP contribution >= 0.6 is 0 Å². The maximum atomic E-state index is 5.61. The summed E-state index contributed by atoms with van der Waals surface area (Å²) in [5.74, 6) is 1.51. The van der Waals surface area contributed by atoms with Crippen LogP contribution in [0.25, 0.3) is 0 Å². The van der Waals surface area contributed by atoms with E-state index < -0.39 is 0 Å². The van der Waals surface area contributed by atoms with Gasteiger partial charge in [-0.25, -0.2) is 4.98 Å². The lowest BCUT2D eigenvalue weighted by Crippen LogP contribution is -2.05. The summed E-state index contributed by atoms with van der Waals surface area (Å²) in [6.07, 6.45) is 1.96. The van der Waals surface area contributed by atoms with Gasteiger partial charge < -0.3 is 14.8 Å². The first-order chi connectivity index (χ1) is 9.67. The van der Waals surface area contributed by atoms with Gasteiger partial charge in [-0.15, -0.1) is 0 Å². The van der Waals surface area contributed by atoms with Gasteiger partial charge in [-0.1, -0.05) is 12.1 Å². The number of hydrogen-bond donors (Lipinski definition) is 1. The van der Waals surface area contributed by atoms with Gasteiger partial charge in [0.25, 0.3) is 0 Å². The highest BCUT2D eigenvalue weighted by Gasteiger charge is 1.99. The summed E-state index contributed by atoms with van der Waals surface area (Å²) in [5, 5.41) is 3.31. The Kier molecular flexibility index (Phi) is 4.82. The quantitative estimate of drug-likeness (QED) is 0.874. The predicted octanol–water partition coefficient (Wildman–Crippen LogP) is 3.49. The van der Waals surface area contributed by atoms with Crippen LogP contribution in [-0.4, -0.2) is 18.2 Å². The maximum Gasteiger partial charge on any atom is 0.213 e. The fourth-order valence-corrected chi connectivity index (χ4v) is 1.77. The molecule has 0 spiro atoms. The molecule has 0 saturated carbocycles. The molecule has 2 aromatic rings. The number of ether oxygens (including phenoxy) is 2. The third-order valence-corrected chi connectivity index (χ3v) is 2.74. The van der Waals surface area contributed by atoms with Gasteiger partial charge in [0.1, 0.15) is 5.75 Å². The Hall–Kier alpha value is -2.23. The van der Waals surface area contributed by atoms with Crippen molar-refractivity contribution in [2.24, 2.45) is 0 Å². The zero-order chi connectivity index (χ0) is 14.4. The molecule has 0 fully saturated rings. The Morgan fingerprint density at radius 1 is 1.10 bits per heavy atom. The number of nitrogens with one attached hydrogen (secondary N) is 1. The monoisotopic (exact) mass is 272 g/mol. The molecule has 106 valence electrons. The Morgan fingerprint density at radius 2 is 1.85 bits per heavy atom. The molecule has 1 N–H and O–H groups in total. The van der Waals surface area contributed by atoms with E-state index >= 15 is 0 Å². The fourth-order valence-electron chi connectivity index (χ4n) is 1.77. The van der Waals surface area contributed by atoms with Gasteiger partial charge in [0.05, 0.1) is 25.1 Å². The van der Waals surface area contributed by atoms with E-state index in [0.717, 1.165) is 18.0 Å². The molecular weight excluding hydrogens is 252 g/mol. The van der Waals surface area contributed by atoms with Crippen molar-refractivity contribution >= 4 is 5.69 Å². The Balaban J connectivity index is 1.89. The second kappa shape index (κ2) is 6.80. The van der Waals surface area contributed by atoms with Gasteiger partial charge in [0, 0.05) is 12.6 Å². The number of rotatable bonds is 6. The van der Waals surface area contributed by atoms with Crippen LogP contribution in [-0.2, 0) is 6.54 Å². The normalized spacial score (nSPS) is 10.4. The van der Waals surface area contributed by atoms with Crippen molar-refractivity contribution in [1.82, 2.24) is 4.98 Å². The van der Waals surface area contributed by atoms with Crippen LogP contribution in [0.5, 0.6) is 11.6 Å². The first-order valence-electron chi connectivity index (χ1n) is 6.67. The van der Waals surface area contributed by atoms with Crippen molar-refractivity contribution in [3.8, 4) is 11.6 Å². The summed E-state index contributed by atoms with van der Waals surface area (Å²) in [4.78, 5) is 4.15. The Bertz CT molecular complexity index is 521. The molecule has 0 aliphatic heterocycles. The number of anilines is 1. The maximum absolute atomic E-state index is 5.61. The summed E-state index contributed by atoms with van der Waals surface area (Å²) in [5.41, 5.74) is 2.16. The smallest absolute Gasteiger partial charge is 0.213 e. The van der Waals surface area contributed by atoms with Gasteiger partial charge in [-0.05, 0) is 37.6 Å². The minimum atomic E-state index is 0.198. The average molecular weight is 272 g/mol. The van der Waals surface area contributed by atoms with Crippen LogP contribution in [0, 0.1) is 0 Å². The van der Waals surface area contributed by atoms with Crippen LogP contribution in [0.4, 0.5) is 5.69 Å². The molecule has 1 aromatic carbocycles. The molecule has 2 rings (SSSR count). The highest BCUT2D eigenvalue weighted by Crippen LogP contribution is 2.16. The summed E-state index contributed by atoms with van der Waals surface area (Å²) < 4.78 is 10.6. The molecule has 4 heteroatoms. The van der Waals surface area contributed by atoms with Crippen LogP contribution in [0.1, 0.15) is 19.4 Å². The molecular formula is C16H20N2O2. The molecule has 0 amide bonds. The van der Waals surface area contributed by atoms with E-state index in [1.54, 1.807) is 13.3 Å². The van der Waals surface area contributed by atoms with Crippen LogP contribution in [0.3, 0.4) is 0 Å². The molecule has 1 heterocycles. The van der Waals surface area contributed by atoms with Crippen LogP contribution in [0.15, 0.2) is 42.6 Å². The number of methoxy groups -OCH3 is 1. The van der Waals surface area contributed by atoms with Gasteiger partial charge >= 0.3 is 0 Å². The van der Waals surface area contributed by atoms with Crippen molar-refractivity contribution < 1.29 is 9.47 Å². The summed E-state index contributed by atoms with van der Waals surface area (Å²) >= 11 is 0. The van der Waals surface area contributed by atoms with Crippen molar-refractivity contribution in [1.29, 1.82) is 0 Å². The number of hydrogen-bond acceptors (Lipinski definition) is 4. The van der Waals surface area contributed by atoms with Crippen molar-refractivity contribution in [3.63, 3.8) is 0 Å². The third-order valence-electron chi connectivity index (χ3n) is 2.74. The SMILES string of the molecule is COc1ccc(NCc2ccc(OC(C)C)cc2)cn1. The van der Waals surface area contributed by atoms with Crippen molar-refractivity contribution in [2.75, 3.05) is 12.4 Å². The molecule has 1 aromatic heterocycles. The van der Waals surface area contributed by atoms with Crippen LogP contribution < -0.4 is 14.8 Å². The largest absolute Gasteiger partial charge is 0.491 e. The number of pyridine rings is 1. The summed E-state index contributed by atoms with van der Waals surface area (Å²) in [6, 6.07) is 11.9. The van der Waals surface area contributed by atoms with Gasteiger partial charge in [-0.2, -0.15) is 0 Å². The Labute approximate surface area is 119 Å². The molecule has 0 saturated heterocycles. The van der Waals surface area contributed by atoms with E-state index in [1.807, 2.05) is 38.1 Å². The van der Waals surface area contributed by atoms with Crippen molar-refractivity contribution in [3.05, 3.63) is 48.2 Å². The minimum absolute atomic E-state index is 0.198. The van der Waals surface area contributed by atoms with E-state index in [2.05, 4.69) is 22.4 Å². The lowest BCUT2D eigenvalue weighted by Gasteiger charge is -2.11. The van der Waals surface area contributed by atoms with Gasteiger partial charge in [0.2, 0.25) is 5.88 Å². The second-order valence-electron chi connectivity index (χ2n) is 4.75. The zero-order valence-electron chi connectivity index (χ0n) is 12.1. The lowest BCUT2D eigenvalue weighted by molar-refractivity contribution is 0.242. The minimum Gasteiger partial charge on any atom is -0.491 e. The predicted molar refractivity (Wildman–Crippen MR) is 80.3 cm³/mol. The van der Waals surface area contributed by atoms with E-state index in [1.165, 1.54) is 5.56 Å². The summed E-state index contributed by atoms with van der Waals surface area (Å²) in [7, 11) is 1.61. The highest BCUT2D eigenvalue weighted by atomic mass is 16.5. The highest BCUT2D eigenvalue weighted by molar-refractivity contribution is 5.43. The number of nitrogens with zero attached hydrogens (tertiary/aromatic N) is 1. The van der Waals surface area contributed by atoms with E-state index in [0.29, 0.717) is 5.88 Å². The Morgan fingerprint density at radius 3 is 2.40 bits per heavy atom. The van der Waals surface area contributed by atoms with E-state index in [-0.39, 0.29) is 6.10 Å². The van der Waals surface area contributed by atoms with Gasteiger partial charge in [0.15, 0.2) is 0 Å². The first-order valence-corrected chi connectivity index (χ1v) is 6.67. The van der Waals surface area contributed by atoms with E-state index in [4.69, 9.17) is 9.47 Å². The molecule has 0 aliphatic carbocycles. The average Bonchev–Trinajstić information content (AvgIpc) is 2.46. The molecule has 4 nitrogen and oxygen atoms in total. The standard InChI is InChI=1S/C16H20N2O2/c1-12(2)20-15-7-4-13(5-8-15)10-17-14-6-9-16(19-3)18-11-14/h4-9,11-12,17H,10H2,1-3H3. The molecule has 0 radical (unpaired) electrons. The van der Waals surface area contributed by atoms with Crippen LogP contribution in [0.2, 0.25) is 0 Å². The number of benzene rings is 1. The second-order valence-corrected chi connectivity index (χ2v) is 4.75. The molecule has 20 heavy (non-hydrogen) atoms. The fraction of sp³-hybridized carbons (Fsp3) is 0.312. The van der Waals surface area contributed by atoms with E-state index in [9.17, 15) is 0 Å². The molecule has 0 atom stereocenters. The molecule has 0 bridgehead atoms. The molecule has 0 unspecified atom stereocenters. The first kappa shape index (κ1) is 14.2. The zero-order valence-corrected chi connectivity index (χ0v) is 12.1. The lowest BCUT2D eigenvalue weighted by atomic mass is 10.2.